The van der Waals surface area contributed by atoms with Crippen molar-refractivity contribution in [3.05, 3.63) is 35.4 Å². The summed E-state index contributed by atoms with van der Waals surface area (Å²) in [4.78, 5) is 22.4. The highest BCUT2D eigenvalue weighted by Crippen LogP contribution is 2.29. The molecule has 0 radical (unpaired) electrons. The molecule has 122 valence electrons. The van der Waals surface area contributed by atoms with Crippen molar-refractivity contribution < 1.29 is 32.6 Å². The van der Waals surface area contributed by atoms with Gasteiger partial charge in [-0.2, -0.15) is 13.2 Å². The molecule has 22 heavy (non-hydrogen) atoms. The monoisotopic (exact) mass is 319 g/mol. The summed E-state index contributed by atoms with van der Waals surface area (Å²) in [7, 11) is 0. The molecule has 0 aromatic heterocycles. The zero-order chi connectivity index (χ0) is 16.9. The summed E-state index contributed by atoms with van der Waals surface area (Å²) in [5.74, 6) is -1.53. The Morgan fingerprint density at radius 3 is 2.18 bits per heavy atom. The molecule has 0 spiro atoms. The number of amides is 1. The van der Waals surface area contributed by atoms with Crippen LogP contribution in [0.25, 0.3) is 0 Å². The maximum absolute atomic E-state index is 12.4. The molecule has 1 rings (SSSR count). The third-order valence-electron chi connectivity index (χ3n) is 2.86. The molecular formula is C14H16F3NO4. The van der Waals surface area contributed by atoms with Gasteiger partial charge >= 0.3 is 18.2 Å². The molecule has 1 atom stereocenters. The van der Waals surface area contributed by atoms with Crippen molar-refractivity contribution >= 4 is 12.1 Å². The van der Waals surface area contributed by atoms with Gasteiger partial charge in [0.25, 0.3) is 0 Å². The highest BCUT2D eigenvalue weighted by Gasteiger charge is 2.30. The first-order valence-electron chi connectivity index (χ1n) is 6.43. The predicted octanol–water partition coefficient (Wildman–Crippen LogP) is 3.04. The van der Waals surface area contributed by atoms with Crippen LogP contribution in [-0.2, 0) is 22.3 Å². The number of alkyl carbamates (subject to hydrolysis) is 1. The lowest BCUT2D eigenvalue weighted by Gasteiger charge is -2.17. The molecule has 0 saturated carbocycles. The molecule has 1 amide bonds. The number of carbonyl (C=O) groups is 2. The molecule has 0 fully saturated rings. The lowest BCUT2D eigenvalue weighted by atomic mass is 10.1. The van der Waals surface area contributed by atoms with Crippen molar-refractivity contribution in [2.75, 3.05) is 0 Å². The average Bonchev–Trinajstić information content (AvgIpc) is 2.41. The highest BCUT2D eigenvalue weighted by atomic mass is 19.4. The number of hydrogen-bond donors (Lipinski definition) is 2. The molecule has 0 aliphatic carbocycles. The van der Waals surface area contributed by atoms with Crippen molar-refractivity contribution in [2.45, 2.75) is 32.7 Å². The van der Waals surface area contributed by atoms with E-state index in [-0.39, 0.29) is 12.5 Å². The molecule has 0 aliphatic heterocycles. The minimum Gasteiger partial charge on any atom is -0.480 e. The van der Waals surface area contributed by atoms with Crippen LogP contribution in [0.3, 0.4) is 0 Å². The van der Waals surface area contributed by atoms with E-state index in [0.717, 1.165) is 12.1 Å². The van der Waals surface area contributed by atoms with Gasteiger partial charge in [-0.25, -0.2) is 9.59 Å². The first kappa shape index (κ1) is 17.8. The van der Waals surface area contributed by atoms with Gasteiger partial charge in [-0.05, 0) is 23.6 Å². The van der Waals surface area contributed by atoms with Crippen LogP contribution in [0.4, 0.5) is 18.0 Å². The second-order valence-corrected chi connectivity index (χ2v) is 4.98. The Morgan fingerprint density at radius 1 is 1.23 bits per heavy atom. The SMILES string of the molecule is CC(C)C(NC(=O)OCc1ccc(C(F)(F)F)cc1)C(=O)O. The normalized spacial score (nSPS) is 12.8. The van der Waals surface area contributed by atoms with E-state index in [4.69, 9.17) is 9.84 Å². The third kappa shape index (κ3) is 5.27. The van der Waals surface area contributed by atoms with E-state index in [1.165, 1.54) is 12.1 Å². The number of carboxylic acid groups (broad SMARTS) is 1. The number of nitrogens with one attached hydrogen (secondary N) is 1. The molecule has 5 nitrogen and oxygen atoms in total. The topological polar surface area (TPSA) is 75.6 Å². The number of carboxylic acids is 1. The standard InChI is InChI=1S/C14H16F3NO4/c1-8(2)11(12(19)20)18-13(21)22-7-9-3-5-10(6-4-9)14(15,16)17/h3-6,8,11H,7H2,1-2H3,(H,18,21)(H,19,20). The zero-order valence-corrected chi connectivity index (χ0v) is 12.0. The highest BCUT2D eigenvalue weighted by molar-refractivity contribution is 5.80. The maximum atomic E-state index is 12.4. The molecule has 1 aromatic rings. The van der Waals surface area contributed by atoms with Crippen LogP contribution in [0.15, 0.2) is 24.3 Å². The number of alkyl halides is 3. The van der Waals surface area contributed by atoms with Gasteiger partial charge in [0.05, 0.1) is 5.56 Å². The Balaban J connectivity index is 2.55. The quantitative estimate of drug-likeness (QED) is 0.874. The van der Waals surface area contributed by atoms with Crippen LogP contribution in [-0.4, -0.2) is 23.2 Å². The van der Waals surface area contributed by atoms with Gasteiger partial charge in [0.2, 0.25) is 0 Å². The number of carbonyl (C=O) groups excluding carboxylic acids is 1. The van der Waals surface area contributed by atoms with Crippen molar-refractivity contribution in [3.63, 3.8) is 0 Å². The molecular weight excluding hydrogens is 303 g/mol. The fraction of sp³-hybridized carbons (Fsp3) is 0.429. The Bertz CT molecular complexity index is 526. The number of hydrogen-bond acceptors (Lipinski definition) is 3. The Morgan fingerprint density at radius 2 is 1.77 bits per heavy atom. The van der Waals surface area contributed by atoms with Crippen LogP contribution in [0, 0.1) is 5.92 Å². The lowest BCUT2D eigenvalue weighted by Crippen LogP contribution is -2.44. The summed E-state index contributed by atoms with van der Waals surface area (Å²) >= 11 is 0. The van der Waals surface area contributed by atoms with Gasteiger partial charge in [0, 0.05) is 0 Å². The number of rotatable bonds is 5. The Hall–Kier alpha value is -2.25. The van der Waals surface area contributed by atoms with Crippen LogP contribution in [0.1, 0.15) is 25.0 Å². The molecule has 0 bridgehead atoms. The number of halogens is 3. The molecule has 2 N–H and O–H groups in total. The van der Waals surface area contributed by atoms with E-state index in [1.54, 1.807) is 13.8 Å². The first-order valence-corrected chi connectivity index (χ1v) is 6.43. The molecule has 1 aromatic carbocycles. The van der Waals surface area contributed by atoms with Crippen molar-refractivity contribution in [1.82, 2.24) is 5.32 Å². The summed E-state index contributed by atoms with van der Waals surface area (Å²) in [5.41, 5.74) is -0.439. The minimum atomic E-state index is -4.43. The molecule has 0 heterocycles. The van der Waals surface area contributed by atoms with Crippen LogP contribution in [0.5, 0.6) is 0 Å². The van der Waals surface area contributed by atoms with Crippen LogP contribution < -0.4 is 5.32 Å². The minimum absolute atomic E-state index is 0.256. The van der Waals surface area contributed by atoms with Gasteiger partial charge in [-0.15, -0.1) is 0 Å². The summed E-state index contributed by atoms with van der Waals surface area (Å²) in [6.45, 7) is 2.98. The fourth-order valence-corrected chi connectivity index (χ4v) is 1.62. The predicted molar refractivity (Wildman–Crippen MR) is 71.0 cm³/mol. The Kier molecular flexibility index (Phi) is 5.78. The number of benzene rings is 1. The molecule has 8 heteroatoms. The fourth-order valence-electron chi connectivity index (χ4n) is 1.62. The van der Waals surface area contributed by atoms with E-state index in [1.807, 2.05) is 0 Å². The van der Waals surface area contributed by atoms with E-state index >= 15 is 0 Å². The Labute approximate surface area is 125 Å². The van der Waals surface area contributed by atoms with Crippen molar-refractivity contribution in [1.29, 1.82) is 0 Å². The third-order valence-corrected chi connectivity index (χ3v) is 2.86. The van der Waals surface area contributed by atoms with Crippen LogP contribution in [0.2, 0.25) is 0 Å². The van der Waals surface area contributed by atoms with Gasteiger partial charge in [-0.3, -0.25) is 0 Å². The first-order chi connectivity index (χ1) is 10.1. The van der Waals surface area contributed by atoms with E-state index < -0.39 is 29.8 Å². The summed E-state index contributed by atoms with van der Waals surface area (Å²) in [6.07, 6.45) is -5.37. The van der Waals surface area contributed by atoms with Gasteiger partial charge in [0.15, 0.2) is 0 Å². The summed E-state index contributed by atoms with van der Waals surface area (Å²) in [5, 5.41) is 11.1. The van der Waals surface area contributed by atoms with Gasteiger partial charge < -0.3 is 15.2 Å². The second kappa shape index (κ2) is 7.15. The van der Waals surface area contributed by atoms with Gasteiger partial charge in [-0.1, -0.05) is 26.0 Å². The average molecular weight is 319 g/mol. The summed E-state index contributed by atoms with van der Waals surface area (Å²) in [6, 6.07) is 3.04. The lowest BCUT2D eigenvalue weighted by molar-refractivity contribution is -0.140. The van der Waals surface area contributed by atoms with Crippen molar-refractivity contribution in [3.8, 4) is 0 Å². The van der Waals surface area contributed by atoms with Crippen LogP contribution >= 0.6 is 0 Å². The van der Waals surface area contributed by atoms with E-state index in [9.17, 15) is 22.8 Å². The smallest absolute Gasteiger partial charge is 0.416 e. The number of aliphatic carboxylic acids is 1. The van der Waals surface area contributed by atoms with Crippen molar-refractivity contribution in [2.24, 2.45) is 5.92 Å². The van der Waals surface area contributed by atoms with E-state index in [0.29, 0.717) is 5.56 Å². The molecule has 0 aliphatic rings. The number of ether oxygens (including phenoxy) is 1. The second-order valence-electron chi connectivity index (χ2n) is 4.98. The summed E-state index contributed by atoms with van der Waals surface area (Å²) < 4.78 is 41.9. The maximum Gasteiger partial charge on any atom is 0.416 e. The zero-order valence-electron chi connectivity index (χ0n) is 12.0. The molecule has 0 saturated heterocycles. The van der Waals surface area contributed by atoms with E-state index in [2.05, 4.69) is 5.32 Å². The largest absolute Gasteiger partial charge is 0.480 e. The van der Waals surface area contributed by atoms with Gasteiger partial charge in [0.1, 0.15) is 12.6 Å². The molecule has 1 unspecified atom stereocenters.